The van der Waals surface area contributed by atoms with Crippen LogP contribution in [0.5, 0.6) is 0 Å². The van der Waals surface area contributed by atoms with Crippen molar-refractivity contribution in [1.82, 2.24) is 26.7 Å². The Hall–Kier alpha value is -3.29. The van der Waals surface area contributed by atoms with Gasteiger partial charge in [0.2, 0.25) is 0 Å². The average molecular weight is 361 g/mol. The molecule has 1 fully saturated rings. The zero-order valence-corrected chi connectivity index (χ0v) is 14.5. The number of hydrogen-bond donors (Lipinski definition) is 4. The van der Waals surface area contributed by atoms with Gasteiger partial charge < -0.3 is 0 Å². The lowest BCUT2D eigenvalue weighted by molar-refractivity contribution is -0.123. The topological polar surface area (TPSA) is 95.2 Å². The lowest BCUT2D eigenvalue weighted by atomic mass is 10.0. The highest BCUT2D eigenvalue weighted by molar-refractivity contribution is 6.05. The van der Waals surface area contributed by atoms with Crippen molar-refractivity contribution < 1.29 is 9.59 Å². The van der Waals surface area contributed by atoms with Gasteiger partial charge in [0.15, 0.2) is 0 Å². The summed E-state index contributed by atoms with van der Waals surface area (Å²) in [5.41, 5.74) is 13.2. The highest BCUT2D eigenvalue weighted by Gasteiger charge is 2.30. The first-order valence-electron chi connectivity index (χ1n) is 8.72. The molecule has 2 atom stereocenters. The number of aromatic nitrogens is 1. The maximum absolute atomic E-state index is 12.5. The number of carbonyl (C=O) groups excluding carboxylic acids is 2. The molecule has 4 N–H and O–H groups in total. The Morgan fingerprint density at radius 2 is 1.74 bits per heavy atom. The monoisotopic (exact) mass is 361 g/mol. The van der Waals surface area contributed by atoms with Crippen molar-refractivity contribution in [1.29, 1.82) is 0 Å². The van der Waals surface area contributed by atoms with Crippen LogP contribution in [0.2, 0.25) is 0 Å². The molecule has 0 bridgehead atoms. The van der Waals surface area contributed by atoms with Crippen LogP contribution in [0.25, 0.3) is 10.9 Å². The van der Waals surface area contributed by atoms with Gasteiger partial charge in [-0.2, -0.15) is 0 Å². The summed E-state index contributed by atoms with van der Waals surface area (Å²) in [7, 11) is 0. The normalized spacial score (nSPS) is 19.0. The lowest BCUT2D eigenvalue weighted by Gasteiger charge is -2.12. The second-order valence-corrected chi connectivity index (χ2v) is 6.36. The largest absolute Gasteiger partial charge is 0.271 e. The van der Waals surface area contributed by atoms with Crippen LogP contribution in [0, 0.1) is 0 Å². The third-order valence-electron chi connectivity index (χ3n) is 4.60. The SMILES string of the molecule is O=C(NNC(=O)C1CC(c2ccccc2)NN1)c1cccc2cccnc12. The van der Waals surface area contributed by atoms with Crippen molar-refractivity contribution in [3.05, 3.63) is 78.0 Å². The summed E-state index contributed by atoms with van der Waals surface area (Å²) in [5.74, 6) is -0.708. The molecule has 0 radical (unpaired) electrons. The number of hydrazine groups is 2. The smallest absolute Gasteiger partial charge is 0.271 e. The van der Waals surface area contributed by atoms with Gasteiger partial charge in [-0.05, 0) is 24.1 Å². The maximum Gasteiger partial charge on any atom is 0.271 e. The van der Waals surface area contributed by atoms with E-state index in [1.165, 1.54) is 0 Å². The molecule has 0 aliphatic carbocycles. The predicted octanol–water partition coefficient (Wildman–Crippen LogP) is 1.60. The molecular formula is C20H19N5O2. The third-order valence-corrected chi connectivity index (χ3v) is 4.60. The quantitative estimate of drug-likeness (QED) is 0.532. The fourth-order valence-electron chi connectivity index (χ4n) is 3.19. The van der Waals surface area contributed by atoms with Crippen LogP contribution in [-0.4, -0.2) is 22.8 Å². The number of hydrogen-bond acceptors (Lipinski definition) is 5. The molecule has 2 unspecified atom stereocenters. The van der Waals surface area contributed by atoms with Crippen LogP contribution in [-0.2, 0) is 4.79 Å². The van der Waals surface area contributed by atoms with Crippen molar-refractivity contribution in [2.24, 2.45) is 0 Å². The zero-order valence-electron chi connectivity index (χ0n) is 14.5. The van der Waals surface area contributed by atoms with E-state index in [1.54, 1.807) is 18.3 Å². The average Bonchev–Trinajstić information content (AvgIpc) is 3.22. The number of fused-ring (bicyclic) bond motifs is 1. The fraction of sp³-hybridized carbons (Fsp3) is 0.150. The van der Waals surface area contributed by atoms with Gasteiger partial charge in [-0.1, -0.05) is 48.5 Å². The van der Waals surface area contributed by atoms with E-state index in [1.807, 2.05) is 48.5 Å². The lowest BCUT2D eigenvalue weighted by Crippen LogP contribution is -2.50. The van der Waals surface area contributed by atoms with Crippen LogP contribution >= 0.6 is 0 Å². The van der Waals surface area contributed by atoms with Crippen molar-refractivity contribution >= 4 is 22.7 Å². The molecule has 2 heterocycles. The van der Waals surface area contributed by atoms with Gasteiger partial charge in [0.25, 0.3) is 11.8 Å². The van der Waals surface area contributed by atoms with Gasteiger partial charge in [-0.3, -0.25) is 25.4 Å². The van der Waals surface area contributed by atoms with E-state index >= 15 is 0 Å². The Morgan fingerprint density at radius 3 is 2.59 bits per heavy atom. The summed E-state index contributed by atoms with van der Waals surface area (Å²) in [6.07, 6.45) is 2.22. The van der Waals surface area contributed by atoms with E-state index < -0.39 is 11.9 Å². The Bertz CT molecular complexity index is 971. The first kappa shape index (κ1) is 17.1. The summed E-state index contributed by atoms with van der Waals surface area (Å²) < 4.78 is 0. The second-order valence-electron chi connectivity index (χ2n) is 6.36. The first-order valence-corrected chi connectivity index (χ1v) is 8.72. The number of rotatable bonds is 3. The Kier molecular flexibility index (Phi) is 4.78. The van der Waals surface area contributed by atoms with E-state index in [2.05, 4.69) is 26.7 Å². The van der Waals surface area contributed by atoms with E-state index in [-0.39, 0.29) is 11.9 Å². The van der Waals surface area contributed by atoms with Crippen molar-refractivity contribution in [2.45, 2.75) is 18.5 Å². The van der Waals surface area contributed by atoms with Gasteiger partial charge in [-0.15, -0.1) is 0 Å². The molecule has 2 aromatic carbocycles. The van der Waals surface area contributed by atoms with Gasteiger partial charge in [-0.25, -0.2) is 10.9 Å². The van der Waals surface area contributed by atoms with E-state index in [9.17, 15) is 9.59 Å². The van der Waals surface area contributed by atoms with Gasteiger partial charge in [0.05, 0.1) is 11.1 Å². The minimum absolute atomic E-state index is 0.0416. The summed E-state index contributed by atoms with van der Waals surface area (Å²) in [5, 5.41) is 0.865. The third kappa shape index (κ3) is 3.64. The van der Waals surface area contributed by atoms with Crippen LogP contribution in [0.3, 0.4) is 0 Å². The molecule has 1 aliphatic rings. The molecule has 136 valence electrons. The highest BCUT2D eigenvalue weighted by atomic mass is 16.2. The Balaban J connectivity index is 1.37. The minimum Gasteiger partial charge on any atom is -0.271 e. The summed E-state index contributed by atoms with van der Waals surface area (Å²) in [4.78, 5) is 29.1. The minimum atomic E-state index is -0.443. The van der Waals surface area contributed by atoms with Gasteiger partial charge >= 0.3 is 0 Å². The standard InChI is InChI=1S/C20H19N5O2/c26-19(15-10-4-8-14-9-5-11-21-18(14)15)24-25-20(27)17-12-16(22-23-17)13-6-2-1-3-7-13/h1-11,16-17,22-23H,12H2,(H,24,26)(H,25,27). The molecule has 7 heteroatoms. The highest BCUT2D eigenvalue weighted by Crippen LogP contribution is 2.21. The number of pyridine rings is 1. The molecule has 1 saturated heterocycles. The molecule has 0 spiro atoms. The molecule has 2 amide bonds. The Morgan fingerprint density at radius 1 is 0.926 bits per heavy atom. The van der Waals surface area contributed by atoms with Crippen LogP contribution < -0.4 is 21.7 Å². The molecule has 7 nitrogen and oxygen atoms in total. The van der Waals surface area contributed by atoms with Crippen molar-refractivity contribution in [3.63, 3.8) is 0 Å². The summed E-state index contributed by atoms with van der Waals surface area (Å²) >= 11 is 0. The summed E-state index contributed by atoms with van der Waals surface area (Å²) in [6.45, 7) is 0. The van der Waals surface area contributed by atoms with Gasteiger partial charge in [0, 0.05) is 17.6 Å². The zero-order chi connectivity index (χ0) is 18.6. The van der Waals surface area contributed by atoms with E-state index in [0.29, 0.717) is 17.5 Å². The van der Waals surface area contributed by atoms with E-state index in [0.717, 1.165) is 10.9 Å². The number of benzene rings is 2. The number of amides is 2. The van der Waals surface area contributed by atoms with Crippen LogP contribution in [0.4, 0.5) is 0 Å². The maximum atomic E-state index is 12.5. The Labute approximate surface area is 156 Å². The fourth-order valence-corrected chi connectivity index (χ4v) is 3.19. The van der Waals surface area contributed by atoms with Gasteiger partial charge in [0.1, 0.15) is 6.04 Å². The molecule has 1 aliphatic heterocycles. The first-order chi connectivity index (χ1) is 13.2. The van der Waals surface area contributed by atoms with Crippen molar-refractivity contribution in [3.8, 4) is 0 Å². The van der Waals surface area contributed by atoms with Crippen molar-refractivity contribution in [2.75, 3.05) is 0 Å². The number of nitrogens with one attached hydrogen (secondary N) is 4. The van der Waals surface area contributed by atoms with Crippen LogP contribution in [0.1, 0.15) is 28.4 Å². The number of para-hydroxylation sites is 1. The molecule has 4 rings (SSSR count). The number of carbonyl (C=O) groups is 2. The van der Waals surface area contributed by atoms with Crippen LogP contribution in [0.15, 0.2) is 66.9 Å². The molecule has 27 heavy (non-hydrogen) atoms. The molecule has 1 aromatic heterocycles. The molecule has 3 aromatic rings. The molecule has 0 saturated carbocycles. The predicted molar refractivity (Wildman–Crippen MR) is 101 cm³/mol. The second kappa shape index (κ2) is 7.53. The number of nitrogens with zero attached hydrogens (tertiary/aromatic N) is 1. The summed E-state index contributed by atoms with van der Waals surface area (Å²) in [6, 6.07) is 18.5. The van der Waals surface area contributed by atoms with E-state index in [4.69, 9.17) is 0 Å². The molecular weight excluding hydrogens is 342 g/mol.